The van der Waals surface area contributed by atoms with E-state index in [9.17, 15) is 14.4 Å². The molecular weight excluding hydrogens is 342 g/mol. The number of nitrogens with one attached hydrogen (secondary N) is 1. The van der Waals surface area contributed by atoms with Gasteiger partial charge in [-0.05, 0) is 24.0 Å². The zero-order valence-electron chi connectivity index (χ0n) is 13.7. The van der Waals surface area contributed by atoms with Crippen molar-refractivity contribution in [3.8, 4) is 0 Å². The van der Waals surface area contributed by atoms with E-state index in [1.807, 2.05) is 30.3 Å². The first-order chi connectivity index (χ1) is 12.1. The summed E-state index contributed by atoms with van der Waals surface area (Å²) >= 11 is 1.10. The Kier molecular flexibility index (Phi) is 5.14. The van der Waals surface area contributed by atoms with Gasteiger partial charge in [0.1, 0.15) is 11.6 Å². The molecule has 0 aliphatic heterocycles. The fourth-order valence-electron chi connectivity index (χ4n) is 2.73. The van der Waals surface area contributed by atoms with Crippen molar-refractivity contribution in [2.75, 3.05) is 12.4 Å². The van der Waals surface area contributed by atoms with Crippen molar-refractivity contribution in [2.24, 2.45) is 0 Å². The lowest BCUT2D eigenvalue weighted by molar-refractivity contribution is 0.0601. The van der Waals surface area contributed by atoms with E-state index in [1.54, 1.807) is 0 Å². The number of ketones is 1. The number of fused-ring (bicyclic) bond motifs is 1. The zero-order chi connectivity index (χ0) is 17.8. The lowest BCUT2D eigenvalue weighted by Gasteiger charge is -2.11. The molecule has 0 saturated carbocycles. The van der Waals surface area contributed by atoms with Crippen LogP contribution < -0.4 is 5.32 Å². The summed E-state index contributed by atoms with van der Waals surface area (Å²) in [5, 5.41) is 2.87. The maximum atomic E-state index is 12.1. The number of carbonyl (C=O) groups excluding carboxylic acids is 3. The third-order valence-corrected chi connectivity index (χ3v) is 5.10. The van der Waals surface area contributed by atoms with E-state index in [1.165, 1.54) is 7.11 Å². The Balaban J connectivity index is 1.78. The number of benzene rings is 1. The van der Waals surface area contributed by atoms with Crippen molar-refractivity contribution in [2.45, 2.75) is 25.9 Å². The number of esters is 1. The van der Waals surface area contributed by atoms with Crippen molar-refractivity contribution in [3.05, 3.63) is 51.9 Å². The smallest absolute Gasteiger partial charge is 0.412 e. The number of anilines is 1. The first-order valence-corrected chi connectivity index (χ1v) is 8.66. The maximum absolute atomic E-state index is 12.1. The summed E-state index contributed by atoms with van der Waals surface area (Å²) in [6.45, 7) is 0.115. The molecule has 130 valence electrons. The number of hydrogen-bond acceptors (Lipinski definition) is 6. The fourth-order valence-corrected chi connectivity index (χ4v) is 3.92. The van der Waals surface area contributed by atoms with Gasteiger partial charge in [-0.25, -0.2) is 9.59 Å². The third-order valence-electron chi connectivity index (χ3n) is 3.91. The third kappa shape index (κ3) is 3.71. The first kappa shape index (κ1) is 17.2. The van der Waals surface area contributed by atoms with E-state index < -0.39 is 12.1 Å². The number of rotatable bonds is 4. The molecule has 1 aliphatic rings. The molecule has 2 aromatic rings. The van der Waals surface area contributed by atoms with Crippen molar-refractivity contribution in [1.82, 2.24) is 0 Å². The molecule has 25 heavy (non-hydrogen) atoms. The lowest BCUT2D eigenvalue weighted by Crippen LogP contribution is -2.16. The average Bonchev–Trinajstić information content (AvgIpc) is 2.99. The van der Waals surface area contributed by atoms with Crippen LogP contribution in [0.3, 0.4) is 0 Å². The molecule has 1 amide bonds. The average molecular weight is 359 g/mol. The SMILES string of the molecule is COC(=O)c1c(NC(=O)OCc2ccccc2)sc2c1CCCC2=O. The number of amides is 1. The molecule has 0 unspecified atom stereocenters. The predicted molar refractivity (Wildman–Crippen MR) is 93.2 cm³/mol. The summed E-state index contributed by atoms with van der Waals surface area (Å²) in [6.07, 6.45) is 1.07. The van der Waals surface area contributed by atoms with E-state index >= 15 is 0 Å². The second kappa shape index (κ2) is 7.48. The second-order valence-corrected chi connectivity index (χ2v) is 6.59. The molecular formula is C18H17NO5S. The highest BCUT2D eigenvalue weighted by atomic mass is 32.1. The van der Waals surface area contributed by atoms with Crippen LogP contribution in [-0.4, -0.2) is 25.0 Å². The molecule has 7 heteroatoms. The first-order valence-electron chi connectivity index (χ1n) is 7.85. The molecule has 0 saturated heterocycles. The second-order valence-electron chi connectivity index (χ2n) is 5.57. The van der Waals surface area contributed by atoms with Gasteiger partial charge >= 0.3 is 12.1 Å². The van der Waals surface area contributed by atoms with Crippen LogP contribution in [0.1, 0.15) is 44.0 Å². The van der Waals surface area contributed by atoms with Crippen LogP contribution in [0.4, 0.5) is 9.80 Å². The molecule has 1 N–H and O–H groups in total. The minimum absolute atomic E-state index is 0.0119. The number of methoxy groups -OCH3 is 1. The summed E-state index contributed by atoms with van der Waals surface area (Å²) in [5.41, 5.74) is 1.77. The van der Waals surface area contributed by atoms with Gasteiger partial charge in [0.05, 0.1) is 17.6 Å². The molecule has 1 aromatic heterocycles. The number of carbonyl (C=O) groups is 3. The summed E-state index contributed by atoms with van der Waals surface area (Å²) in [5.74, 6) is -0.576. The van der Waals surface area contributed by atoms with Gasteiger partial charge in [-0.1, -0.05) is 30.3 Å². The highest BCUT2D eigenvalue weighted by Crippen LogP contribution is 2.38. The molecule has 1 aromatic carbocycles. The Labute approximate surface area is 148 Å². The van der Waals surface area contributed by atoms with Gasteiger partial charge in [0.25, 0.3) is 0 Å². The van der Waals surface area contributed by atoms with Gasteiger partial charge in [0.15, 0.2) is 5.78 Å². The van der Waals surface area contributed by atoms with Crippen molar-refractivity contribution < 1.29 is 23.9 Å². The highest BCUT2D eigenvalue weighted by Gasteiger charge is 2.30. The molecule has 6 nitrogen and oxygen atoms in total. The van der Waals surface area contributed by atoms with Crippen molar-refractivity contribution in [3.63, 3.8) is 0 Å². The van der Waals surface area contributed by atoms with E-state index in [0.717, 1.165) is 16.9 Å². The number of Topliss-reactive ketones (excluding diaryl/α,β-unsaturated/α-hetero) is 1. The summed E-state index contributed by atoms with van der Waals surface area (Å²) in [6, 6.07) is 9.26. The Morgan fingerprint density at radius 1 is 1.20 bits per heavy atom. The predicted octanol–water partition coefficient (Wildman–Crippen LogP) is 3.80. The fraction of sp³-hybridized carbons (Fsp3) is 0.278. The van der Waals surface area contributed by atoms with Crippen LogP contribution >= 0.6 is 11.3 Å². The monoisotopic (exact) mass is 359 g/mol. The van der Waals surface area contributed by atoms with E-state index in [-0.39, 0.29) is 18.0 Å². The number of hydrogen-bond donors (Lipinski definition) is 1. The molecule has 3 rings (SSSR count). The van der Waals surface area contributed by atoms with Crippen LogP contribution in [0.2, 0.25) is 0 Å². The van der Waals surface area contributed by atoms with Gasteiger partial charge in [-0.2, -0.15) is 0 Å². The van der Waals surface area contributed by atoms with Gasteiger partial charge in [0, 0.05) is 6.42 Å². The topological polar surface area (TPSA) is 81.7 Å². The standard InChI is InChI=1S/C18H17NO5S/c1-23-17(21)14-12-8-5-9-13(20)15(12)25-16(14)19-18(22)24-10-11-6-3-2-4-7-11/h2-4,6-7H,5,8-10H2,1H3,(H,19,22). The van der Waals surface area contributed by atoms with Crippen LogP contribution in [0.15, 0.2) is 30.3 Å². The number of thiophene rings is 1. The minimum Gasteiger partial charge on any atom is -0.465 e. The summed E-state index contributed by atoms with van der Waals surface area (Å²) in [4.78, 5) is 36.8. The Morgan fingerprint density at radius 3 is 2.68 bits per heavy atom. The van der Waals surface area contributed by atoms with Crippen LogP contribution in [0, 0.1) is 0 Å². The van der Waals surface area contributed by atoms with Crippen LogP contribution in [0.25, 0.3) is 0 Å². The Morgan fingerprint density at radius 2 is 1.96 bits per heavy atom. The van der Waals surface area contributed by atoms with E-state index in [0.29, 0.717) is 34.7 Å². The van der Waals surface area contributed by atoms with Gasteiger partial charge < -0.3 is 9.47 Å². The molecule has 0 atom stereocenters. The van der Waals surface area contributed by atoms with Gasteiger partial charge in [-0.15, -0.1) is 11.3 Å². The molecule has 0 bridgehead atoms. The summed E-state index contributed by atoms with van der Waals surface area (Å²) < 4.78 is 9.99. The van der Waals surface area contributed by atoms with Crippen LogP contribution in [0.5, 0.6) is 0 Å². The molecule has 0 fully saturated rings. The largest absolute Gasteiger partial charge is 0.465 e. The van der Waals surface area contributed by atoms with Crippen molar-refractivity contribution in [1.29, 1.82) is 0 Å². The number of ether oxygens (including phenoxy) is 2. The van der Waals surface area contributed by atoms with Gasteiger partial charge in [-0.3, -0.25) is 10.1 Å². The molecule has 1 heterocycles. The zero-order valence-corrected chi connectivity index (χ0v) is 14.5. The van der Waals surface area contributed by atoms with Crippen LogP contribution in [-0.2, 0) is 22.5 Å². The van der Waals surface area contributed by atoms with Crippen molar-refractivity contribution >= 4 is 34.2 Å². The minimum atomic E-state index is -0.681. The highest BCUT2D eigenvalue weighted by molar-refractivity contribution is 7.18. The normalized spacial score (nSPS) is 13.1. The lowest BCUT2D eigenvalue weighted by atomic mass is 9.94. The molecule has 1 aliphatic carbocycles. The van der Waals surface area contributed by atoms with Gasteiger partial charge in [0.2, 0.25) is 0 Å². The quantitative estimate of drug-likeness (QED) is 0.840. The Bertz CT molecular complexity index is 812. The van der Waals surface area contributed by atoms with E-state index in [2.05, 4.69) is 5.32 Å². The molecule has 0 spiro atoms. The maximum Gasteiger partial charge on any atom is 0.412 e. The molecule has 0 radical (unpaired) electrons. The van der Waals surface area contributed by atoms with E-state index in [4.69, 9.17) is 9.47 Å². The Hall–Kier alpha value is -2.67. The summed E-state index contributed by atoms with van der Waals surface area (Å²) in [7, 11) is 1.27.